The van der Waals surface area contributed by atoms with Crippen LogP contribution < -0.4 is 0 Å². The Labute approximate surface area is 132 Å². The fourth-order valence-corrected chi connectivity index (χ4v) is 1.65. The van der Waals surface area contributed by atoms with Crippen LogP contribution in [0.1, 0.15) is 12.0 Å². The fourth-order valence-electron chi connectivity index (χ4n) is 1.65. The molecule has 0 amide bonds. The molecule has 1 aromatic carbocycles. The van der Waals surface area contributed by atoms with Crippen molar-refractivity contribution in [1.82, 2.24) is 0 Å². The second-order valence-electron chi connectivity index (χ2n) is 4.65. The molecule has 0 aliphatic heterocycles. The highest BCUT2D eigenvalue weighted by molar-refractivity contribution is 5.70. The first-order valence-electron chi connectivity index (χ1n) is 6.97. The van der Waals surface area contributed by atoms with Gasteiger partial charge < -0.3 is 14.2 Å². The molecule has 0 fully saturated rings. The lowest BCUT2D eigenvalue weighted by Gasteiger charge is -2.14. The number of benzene rings is 1. The van der Waals surface area contributed by atoms with Crippen molar-refractivity contribution in [3.8, 4) is 0 Å². The molecule has 1 atom stereocenters. The minimum absolute atomic E-state index is 0.0894. The molecule has 1 rings (SSSR count). The average Bonchev–Trinajstić information content (AvgIpc) is 2.53. The maximum Gasteiger partial charge on any atom is 0.409 e. The number of carbonyl (C=O) groups is 1. The average molecular weight is 332 g/mol. The highest BCUT2D eigenvalue weighted by Gasteiger charge is 2.23. The molecule has 128 valence electrons. The maximum absolute atomic E-state index is 12.2. The molecule has 4 nitrogen and oxygen atoms in total. The minimum atomic E-state index is -4.43. The van der Waals surface area contributed by atoms with Gasteiger partial charge in [-0.3, -0.25) is 0 Å². The zero-order chi connectivity index (χ0) is 17.1. The predicted octanol–water partition coefficient (Wildman–Crippen LogP) is 3.27. The number of alkyl halides is 3. The summed E-state index contributed by atoms with van der Waals surface area (Å²) in [6.07, 6.45) is -4.17. The number of ether oxygens (including phenoxy) is 3. The third kappa shape index (κ3) is 9.70. The second-order valence-corrected chi connectivity index (χ2v) is 4.65. The van der Waals surface area contributed by atoms with Crippen molar-refractivity contribution in [1.29, 1.82) is 0 Å². The van der Waals surface area contributed by atoms with E-state index in [-0.39, 0.29) is 19.1 Å². The van der Waals surface area contributed by atoms with Crippen molar-refractivity contribution in [3.05, 3.63) is 48.0 Å². The van der Waals surface area contributed by atoms with Gasteiger partial charge in [-0.2, -0.15) is 13.2 Å². The molecule has 23 heavy (non-hydrogen) atoms. The van der Waals surface area contributed by atoms with Crippen molar-refractivity contribution < 1.29 is 32.2 Å². The van der Waals surface area contributed by atoms with Gasteiger partial charge in [0.05, 0.1) is 19.8 Å². The van der Waals surface area contributed by atoms with Crippen LogP contribution in [0, 0.1) is 0 Å². The molecule has 0 aliphatic rings. The molecule has 7 heteroatoms. The Morgan fingerprint density at radius 2 is 1.96 bits per heavy atom. The quantitative estimate of drug-likeness (QED) is 0.395. The van der Waals surface area contributed by atoms with E-state index in [4.69, 9.17) is 9.47 Å². The number of carbonyl (C=O) groups excluding carboxylic acids is 1. The number of esters is 1. The normalized spacial score (nSPS) is 13.2. The van der Waals surface area contributed by atoms with Gasteiger partial charge in [0.2, 0.25) is 0 Å². The summed E-state index contributed by atoms with van der Waals surface area (Å²) < 4.78 is 51.6. The van der Waals surface area contributed by atoms with E-state index in [0.29, 0.717) is 6.61 Å². The van der Waals surface area contributed by atoms with E-state index in [0.717, 1.165) is 11.6 Å². The van der Waals surface area contributed by atoms with E-state index in [1.54, 1.807) is 0 Å². The third-order valence-corrected chi connectivity index (χ3v) is 2.80. The van der Waals surface area contributed by atoms with Crippen LogP contribution >= 0.6 is 0 Å². The van der Waals surface area contributed by atoms with Gasteiger partial charge in [-0.1, -0.05) is 36.4 Å². The van der Waals surface area contributed by atoms with Crippen LogP contribution in [0.25, 0.3) is 0 Å². The Hall–Kier alpha value is -1.86. The standard InChI is InChI=1S/C16H19F3O4/c1-21-15(20)12-23-14(7-9-16(17,18)19)8-10-22-11-13-5-3-2-4-6-13/h2-7,9,14H,8,10-12H2,1H3/b9-7+. The lowest BCUT2D eigenvalue weighted by atomic mass is 10.2. The Balaban J connectivity index is 2.41. The molecule has 0 spiro atoms. The molecule has 0 aliphatic carbocycles. The lowest BCUT2D eigenvalue weighted by Crippen LogP contribution is -2.20. The van der Waals surface area contributed by atoms with Crippen LogP contribution in [-0.4, -0.2) is 38.6 Å². The van der Waals surface area contributed by atoms with Gasteiger partial charge in [0.25, 0.3) is 0 Å². The minimum Gasteiger partial charge on any atom is -0.467 e. The first-order chi connectivity index (χ1) is 10.9. The number of methoxy groups -OCH3 is 1. The molecule has 0 aromatic heterocycles. The highest BCUT2D eigenvalue weighted by atomic mass is 19.4. The zero-order valence-electron chi connectivity index (χ0n) is 12.7. The summed E-state index contributed by atoms with van der Waals surface area (Å²) in [5.41, 5.74) is 0.963. The summed E-state index contributed by atoms with van der Waals surface area (Å²) in [4.78, 5) is 11.0. The molecule has 1 unspecified atom stereocenters. The second kappa shape index (κ2) is 10.0. The van der Waals surface area contributed by atoms with Crippen molar-refractivity contribution in [2.24, 2.45) is 0 Å². The molecular weight excluding hydrogens is 313 g/mol. The van der Waals surface area contributed by atoms with E-state index in [1.807, 2.05) is 30.3 Å². The van der Waals surface area contributed by atoms with Gasteiger partial charge in [0.1, 0.15) is 6.61 Å². The zero-order valence-corrected chi connectivity index (χ0v) is 12.7. The van der Waals surface area contributed by atoms with E-state index < -0.39 is 24.9 Å². The van der Waals surface area contributed by atoms with E-state index in [2.05, 4.69) is 4.74 Å². The maximum atomic E-state index is 12.2. The first-order valence-corrected chi connectivity index (χ1v) is 6.97. The molecular formula is C16H19F3O4. The van der Waals surface area contributed by atoms with E-state index in [9.17, 15) is 18.0 Å². The van der Waals surface area contributed by atoms with Gasteiger partial charge in [-0.15, -0.1) is 0 Å². The topological polar surface area (TPSA) is 44.8 Å². The molecule has 0 saturated carbocycles. The van der Waals surface area contributed by atoms with Crippen LogP contribution in [0.4, 0.5) is 13.2 Å². The summed E-state index contributed by atoms with van der Waals surface area (Å²) in [6.45, 7) is 0.137. The smallest absolute Gasteiger partial charge is 0.409 e. The summed E-state index contributed by atoms with van der Waals surface area (Å²) in [7, 11) is 1.18. The summed E-state index contributed by atoms with van der Waals surface area (Å²) >= 11 is 0. The van der Waals surface area contributed by atoms with Crippen molar-refractivity contribution >= 4 is 5.97 Å². The number of halogens is 3. The monoisotopic (exact) mass is 332 g/mol. The Morgan fingerprint density at radius 3 is 2.57 bits per heavy atom. The van der Waals surface area contributed by atoms with Crippen molar-refractivity contribution in [2.75, 3.05) is 20.3 Å². The number of rotatable bonds is 9. The molecule has 1 aromatic rings. The molecule has 0 bridgehead atoms. The van der Waals surface area contributed by atoms with Gasteiger partial charge >= 0.3 is 12.1 Å². The van der Waals surface area contributed by atoms with Crippen molar-refractivity contribution in [2.45, 2.75) is 25.3 Å². The third-order valence-electron chi connectivity index (χ3n) is 2.80. The van der Waals surface area contributed by atoms with E-state index in [1.165, 1.54) is 7.11 Å². The molecule has 0 saturated heterocycles. The lowest BCUT2D eigenvalue weighted by molar-refractivity contribution is -0.147. The van der Waals surface area contributed by atoms with Gasteiger partial charge in [0.15, 0.2) is 0 Å². The van der Waals surface area contributed by atoms with Gasteiger partial charge in [-0.05, 0) is 5.56 Å². The van der Waals surface area contributed by atoms with E-state index >= 15 is 0 Å². The van der Waals surface area contributed by atoms with Crippen molar-refractivity contribution in [3.63, 3.8) is 0 Å². The van der Waals surface area contributed by atoms with Crippen LogP contribution in [0.5, 0.6) is 0 Å². The SMILES string of the molecule is COC(=O)COC(/C=C/C(F)(F)F)CCOCc1ccccc1. The number of allylic oxidation sites excluding steroid dienone is 1. The molecule has 0 heterocycles. The van der Waals surface area contributed by atoms with Gasteiger partial charge in [-0.25, -0.2) is 4.79 Å². The molecule has 0 radical (unpaired) electrons. The Bertz CT molecular complexity index is 486. The first kappa shape index (κ1) is 19.2. The largest absolute Gasteiger partial charge is 0.467 e. The van der Waals surface area contributed by atoms with Gasteiger partial charge in [0, 0.05) is 19.1 Å². The number of hydrogen-bond acceptors (Lipinski definition) is 4. The van der Waals surface area contributed by atoms with Crippen LogP contribution in [0.15, 0.2) is 42.5 Å². The summed E-state index contributed by atoms with van der Waals surface area (Å²) in [5.74, 6) is -0.652. The predicted molar refractivity (Wildman–Crippen MR) is 77.7 cm³/mol. The number of hydrogen-bond donors (Lipinski definition) is 0. The summed E-state index contributed by atoms with van der Waals surface area (Å²) in [6, 6.07) is 9.38. The van der Waals surface area contributed by atoms with Crippen LogP contribution in [0.2, 0.25) is 0 Å². The Kier molecular flexibility index (Phi) is 8.36. The fraction of sp³-hybridized carbons (Fsp3) is 0.438. The molecule has 0 N–H and O–H groups in total. The summed E-state index contributed by atoms with van der Waals surface area (Å²) in [5, 5.41) is 0. The highest BCUT2D eigenvalue weighted by Crippen LogP contribution is 2.17. The van der Waals surface area contributed by atoms with Crippen LogP contribution in [0.3, 0.4) is 0 Å². The van der Waals surface area contributed by atoms with Crippen LogP contribution in [-0.2, 0) is 25.6 Å². The Morgan fingerprint density at radius 1 is 1.26 bits per heavy atom.